The van der Waals surface area contributed by atoms with Gasteiger partial charge in [0, 0.05) is 37.9 Å². The zero-order valence-electron chi connectivity index (χ0n) is 23.1. The Morgan fingerprint density at radius 3 is 2.12 bits per heavy atom. The van der Waals surface area contributed by atoms with Gasteiger partial charge in [-0.05, 0) is 48.4 Å². The average molecular weight is 560 g/mol. The van der Waals surface area contributed by atoms with Crippen LogP contribution in [0.5, 0.6) is 0 Å². The molecule has 1 unspecified atom stereocenters. The molecular formula is C32H37N3O4S. The molecule has 1 spiro atoms. The highest BCUT2D eigenvalue weighted by Crippen LogP contribution is 2.50. The van der Waals surface area contributed by atoms with E-state index in [2.05, 4.69) is 5.32 Å². The molecule has 0 aromatic heterocycles. The number of anilines is 1. The lowest BCUT2D eigenvalue weighted by Crippen LogP contribution is -2.51. The van der Waals surface area contributed by atoms with E-state index in [1.54, 1.807) is 11.9 Å². The summed E-state index contributed by atoms with van der Waals surface area (Å²) in [5.74, 6) is -0.457. The van der Waals surface area contributed by atoms with Crippen molar-refractivity contribution in [3.63, 3.8) is 0 Å². The highest BCUT2D eigenvalue weighted by atomic mass is 32.2. The molecule has 1 fully saturated rings. The Bertz CT molecular complexity index is 1450. The van der Waals surface area contributed by atoms with Crippen LogP contribution in [-0.4, -0.2) is 51.0 Å². The smallest absolute Gasteiger partial charge is 0.245 e. The summed E-state index contributed by atoms with van der Waals surface area (Å²) in [4.78, 5) is 28.8. The number of nitrogens with zero attached hydrogens (tertiary/aromatic N) is 2. The van der Waals surface area contributed by atoms with Gasteiger partial charge in [0.1, 0.15) is 6.04 Å². The fourth-order valence-corrected chi connectivity index (χ4v) is 7.28. The minimum absolute atomic E-state index is 0.108. The molecule has 210 valence electrons. The van der Waals surface area contributed by atoms with Gasteiger partial charge >= 0.3 is 0 Å². The van der Waals surface area contributed by atoms with Gasteiger partial charge < -0.3 is 10.2 Å². The van der Waals surface area contributed by atoms with Crippen molar-refractivity contribution in [2.75, 3.05) is 24.2 Å². The van der Waals surface area contributed by atoms with Crippen molar-refractivity contribution in [1.82, 2.24) is 10.2 Å². The SMILES string of the molecule is CN(Cc1ccccc1)C(=O)C(Cc1ccccc1)NC(=O)C1CCC2(CC1)CN(S(C)(=O)=O)c1ccccc12. The highest BCUT2D eigenvalue weighted by Gasteiger charge is 2.48. The number of fused-ring (bicyclic) bond motifs is 2. The minimum Gasteiger partial charge on any atom is -0.344 e. The fraction of sp³-hybridized carbons (Fsp3) is 0.375. The Balaban J connectivity index is 1.28. The van der Waals surface area contributed by atoms with Gasteiger partial charge in [0.15, 0.2) is 0 Å². The lowest BCUT2D eigenvalue weighted by atomic mass is 9.67. The van der Waals surface area contributed by atoms with E-state index in [1.807, 2.05) is 84.9 Å². The second-order valence-electron chi connectivity index (χ2n) is 11.3. The number of hydrogen-bond donors (Lipinski definition) is 1. The van der Waals surface area contributed by atoms with E-state index in [-0.39, 0.29) is 23.1 Å². The Hall–Kier alpha value is -3.65. The summed E-state index contributed by atoms with van der Waals surface area (Å²) in [5, 5.41) is 3.10. The summed E-state index contributed by atoms with van der Waals surface area (Å²) < 4.78 is 26.6. The van der Waals surface area contributed by atoms with Crippen LogP contribution in [0.15, 0.2) is 84.9 Å². The third-order valence-electron chi connectivity index (χ3n) is 8.44. The first-order valence-corrected chi connectivity index (χ1v) is 15.7. The molecular weight excluding hydrogens is 522 g/mol. The van der Waals surface area contributed by atoms with E-state index in [0.717, 1.165) is 35.2 Å². The summed E-state index contributed by atoms with van der Waals surface area (Å²) in [6.07, 6.45) is 4.39. The standard InChI is InChI=1S/C32H37N3O4S/c1-34(22-25-13-7-4-8-14-25)31(37)28(21-24-11-5-3-6-12-24)33-30(36)26-17-19-32(20-18-26)23-35(40(2,38)39)29-16-10-9-15-27(29)32/h3-16,26,28H,17-23H2,1-2H3,(H,33,36). The van der Waals surface area contributed by atoms with Crippen molar-refractivity contribution in [3.8, 4) is 0 Å². The predicted molar refractivity (Wildman–Crippen MR) is 157 cm³/mol. The summed E-state index contributed by atoms with van der Waals surface area (Å²) in [6, 6.07) is 26.6. The number of carbonyl (C=O) groups excluding carboxylic acids is 2. The molecule has 5 rings (SSSR count). The number of nitrogens with one attached hydrogen (secondary N) is 1. The van der Waals surface area contributed by atoms with Gasteiger partial charge in [-0.2, -0.15) is 0 Å². The molecule has 2 amide bonds. The summed E-state index contributed by atoms with van der Waals surface area (Å²) >= 11 is 0. The molecule has 2 aliphatic rings. The van der Waals surface area contributed by atoms with Crippen LogP contribution in [0.4, 0.5) is 5.69 Å². The van der Waals surface area contributed by atoms with E-state index < -0.39 is 16.1 Å². The molecule has 7 nitrogen and oxygen atoms in total. The zero-order chi connectivity index (χ0) is 28.3. The van der Waals surface area contributed by atoms with Crippen molar-refractivity contribution in [1.29, 1.82) is 0 Å². The van der Waals surface area contributed by atoms with Crippen LogP contribution in [0.1, 0.15) is 42.4 Å². The number of carbonyl (C=O) groups is 2. The predicted octanol–water partition coefficient (Wildman–Crippen LogP) is 4.28. The number of rotatable bonds is 8. The number of amides is 2. The lowest BCUT2D eigenvalue weighted by molar-refractivity contribution is -0.137. The minimum atomic E-state index is -3.40. The van der Waals surface area contributed by atoms with Gasteiger partial charge in [-0.3, -0.25) is 13.9 Å². The number of likely N-dealkylation sites (N-methyl/N-ethyl adjacent to an activating group) is 1. The second-order valence-corrected chi connectivity index (χ2v) is 13.2. The van der Waals surface area contributed by atoms with E-state index in [4.69, 9.17) is 0 Å². The van der Waals surface area contributed by atoms with Crippen molar-refractivity contribution in [2.24, 2.45) is 5.92 Å². The molecule has 3 aromatic rings. The van der Waals surface area contributed by atoms with E-state index in [0.29, 0.717) is 32.4 Å². The van der Waals surface area contributed by atoms with Crippen molar-refractivity contribution < 1.29 is 18.0 Å². The van der Waals surface area contributed by atoms with Crippen molar-refractivity contribution in [2.45, 2.75) is 50.1 Å². The van der Waals surface area contributed by atoms with Crippen molar-refractivity contribution in [3.05, 3.63) is 102 Å². The molecule has 1 heterocycles. The van der Waals surface area contributed by atoms with Crippen LogP contribution in [0.25, 0.3) is 0 Å². The normalized spacial score (nSPS) is 21.1. The van der Waals surface area contributed by atoms with Crippen LogP contribution in [0, 0.1) is 5.92 Å². The first-order valence-electron chi connectivity index (χ1n) is 13.9. The first kappa shape index (κ1) is 27.9. The van der Waals surface area contributed by atoms with Gasteiger partial charge in [0.25, 0.3) is 0 Å². The molecule has 1 aliphatic heterocycles. The molecule has 0 radical (unpaired) electrons. The molecule has 0 bridgehead atoms. The van der Waals surface area contributed by atoms with E-state index >= 15 is 0 Å². The largest absolute Gasteiger partial charge is 0.344 e. The van der Waals surface area contributed by atoms with E-state index in [9.17, 15) is 18.0 Å². The van der Waals surface area contributed by atoms with Crippen LogP contribution in [0.3, 0.4) is 0 Å². The van der Waals surface area contributed by atoms with Gasteiger partial charge in [-0.15, -0.1) is 0 Å². The Morgan fingerprint density at radius 1 is 0.925 bits per heavy atom. The van der Waals surface area contributed by atoms with E-state index in [1.165, 1.54) is 10.6 Å². The van der Waals surface area contributed by atoms with Crippen LogP contribution in [0.2, 0.25) is 0 Å². The Morgan fingerprint density at radius 2 is 1.50 bits per heavy atom. The summed E-state index contributed by atoms with van der Waals surface area (Å²) in [7, 11) is -1.62. The molecule has 0 saturated heterocycles. The third kappa shape index (κ3) is 5.92. The second kappa shape index (κ2) is 11.5. The summed E-state index contributed by atoms with van der Waals surface area (Å²) in [6.45, 7) is 0.877. The van der Waals surface area contributed by atoms with Gasteiger partial charge in [-0.1, -0.05) is 78.9 Å². The van der Waals surface area contributed by atoms with Gasteiger partial charge in [0.2, 0.25) is 21.8 Å². The number of sulfonamides is 1. The number of hydrogen-bond acceptors (Lipinski definition) is 4. The fourth-order valence-electron chi connectivity index (χ4n) is 6.28. The molecule has 1 aliphatic carbocycles. The summed E-state index contributed by atoms with van der Waals surface area (Å²) in [5.41, 5.74) is 3.54. The maximum absolute atomic E-state index is 13.6. The van der Waals surface area contributed by atoms with Crippen LogP contribution >= 0.6 is 0 Å². The third-order valence-corrected chi connectivity index (χ3v) is 9.57. The molecule has 1 saturated carbocycles. The topological polar surface area (TPSA) is 86.8 Å². The zero-order valence-corrected chi connectivity index (χ0v) is 23.9. The maximum atomic E-state index is 13.6. The average Bonchev–Trinajstić information content (AvgIpc) is 3.28. The quantitative estimate of drug-likeness (QED) is 0.446. The monoisotopic (exact) mass is 559 g/mol. The first-order chi connectivity index (χ1) is 19.2. The van der Waals surface area contributed by atoms with Gasteiger partial charge in [0.05, 0.1) is 11.9 Å². The molecule has 1 N–H and O–H groups in total. The van der Waals surface area contributed by atoms with Crippen molar-refractivity contribution >= 4 is 27.5 Å². The Labute approximate surface area is 237 Å². The number of para-hydroxylation sites is 1. The van der Waals surface area contributed by atoms with Crippen LogP contribution in [-0.2, 0) is 38.0 Å². The molecule has 8 heteroatoms. The molecule has 1 atom stereocenters. The Kier molecular flexibility index (Phi) is 7.99. The lowest BCUT2D eigenvalue weighted by Gasteiger charge is -2.37. The highest BCUT2D eigenvalue weighted by molar-refractivity contribution is 7.92. The van der Waals surface area contributed by atoms with Gasteiger partial charge in [-0.25, -0.2) is 8.42 Å². The maximum Gasteiger partial charge on any atom is 0.245 e. The molecule has 3 aromatic carbocycles. The van der Waals surface area contributed by atoms with Crippen LogP contribution < -0.4 is 9.62 Å². The number of benzene rings is 3. The molecule has 40 heavy (non-hydrogen) atoms.